The van der Waals surface area contributed by atoms with Crippen molar-refractivity contribution < 1.29 is 4.74 Å². The van der Waals surface area contributed by atoms with E-state index >= 15 is 0 Å². The van der Waals surface area contributed by atoms with Gasteiger partial charge in [-0.2, -0.15) is 11.8 Å². The fraction of sp³-hybridized carbons (Fsp3) is 0.647. The summed E-state index contributed by atoms with van der Waals surface area (Å²) < 4.78 is 5.51. The van der Waals surface area contributed by atoms with Crippen molar-refractivity contribution >= 4 is 11.8 Å². The Kier molecular flexibility index (Phi) is 5.98. The monoisotopic (exact) mass is 306 g/mol. The summed E-state index contributed by atoms with van der Waals surface area (Å²) >= 11 is 2.09. The first kappa shape index (κ1) is 15.3. The minimum Gasteiger partial charge on any atom is -0.379 e. The molecule has 0 unspecified atom stereocenters. The first-order chi connectivity index (χ1) is 10.4. The summed E-state index contributed by atoms with van der Waals surface area (Å²) in [5.41, 5.74) is 1.43. The van der Waals surface area contributed by atoms with E-state index < -0.39 is 0 Å². The molecule has 2 saturated heterocycles. The Morgan fingerprint density at radius 3 is 2.76 bits per heavy atom. The number of morpholine rings is 1. The number of nitrogens with one attached hydrogen (secondary N) is 1. The van der Waals surface area contributed by atoms with Crippen LogP contribution in [0.15, 0.2) is 30.3 Å². The van der Waals surface area contributed by atoms with Crippen LogP contribution in [0.4, 0.5) is 0 Å². The van der Waals surface area contributed by atoms with E-state index in [0.29, 0.717) is 12.1 Å². The van der Waals surface area contributed by atoms with Gasteiger partial charge >= 0.3 is 0 Å². The minimum absolute atomic E-state index is 0.474. The van der Waals surface area contributed by atoms with Crippen molar-refractivity contribution in [1.82, 2.24) is 10.2 Å². The van der Waals surface area contributed by atoms with Crippen molar-refractivity contribution in [3.63, 3.8) is 0 Å². The molecule has 21 heavy (non-hydrogen) atoms. The molecule has 2 fully saturated rings. The van der Waals surface area contributed by atoms with Crippen molar-refractivity contribution in [2.75, 3.05) is 44.4 Å². The molecule has 3 nitrogen and oxygen atoms in total. The van der Waals surface area contributed by atoms with E-state index in [1.165, 1.54) is 29.9 Å². The third-order valence-corrected chi connectivity index (χ3v) is 5.65. The van der Waals surface area contributed by atoms with Gasteiger partial charge in [0, 0.05) is 37.5 Å². The maximum atomic E-state index is 5.51. The van der Waals surface area contributed by atoms with Crippen LogP contribution in [-0.4, -0.2) is 55.3 Å². The van der Waals surface area contributed by atoms with Crippen molar-refractivity contribution in [3.8, 4) is 0 Å². The molecule has 0 saturated carbocycles. The van der Waals surface area contributed by atoms with Gasteiger partial charge in [0.1, 0.15) is 0 Å². The van der Waals surface area contributed by atoms with Gasteiger partial charge in [0.25, 0.3) is 0 Å². The zero-order valence-electron chi connectivity index (χ0n) is 12.7. The van der Waals surface area contributed by atoms with Crippen molar-refractivity contribution in [3.05, 3.63) is 35.9 Å². The van der Waals surface area contributed by atoms with Gasteiger partial charge in [-0.15, -0.1) is 0 Å². The highest BCUT2D eigenvalue weighted by atomic mass is 32.2. The summed E-state index contributed by atoms with van der Waals surface area (Å²) in [6, 6.07) is 12.1. The molecule has 1 aromatic rings. The zero-order chi connectivity index (χ0) is 14.3. The van der Waals surface area contributed by atoms with Crippen LogP contribution >= 0.6 is 11.8 Å². The lowest BCUT2D eigenvalue weighted by atomic mass is 10.0. The predicted molar refractivity (Wildman–Crippen MR) is 89.9 cm³/mol. The molecule has 1 aromatic carbocycles. The minimum atomic E-state index is 0.474. The second-order valence-corrected chi connectivity index (χ2v) is 7.05. The molecular formula is C17H26N2OS. The highest BCUT2D eigenvalue weighted by Gasteiger charge is 2.23. The van der Waals surface area contributed by atoms with Crippen molar-refractivity contribution in [2.45, 2.75) is 24.9 Å². The number of rotatable bonds is 5. The molecular weight excluding hydrogens is 280 g/mol. The van der Waals surface area contributed by atoms with Gasteiger partial charge in [-0.25, -0.2) is 0 Å². The van der Waals surface area contributed by atoms with Crippen molar-refractivity contribution in [2.24, 2.45) is 0 Å². The van der Waals surface area contributed by atoms with Crippen LogP contribution in [-0.2, 0) is 4.74 Å². The van der Waals surface area contributed by atoms with Crippen LogP contribution in [0.5, 0.6) is 0 Å². The molecule has 2 aliphatic rings. The van der Waals surface area contributed by atoms with E-state index in [-0.39, 0.29) is 0 Å². The average molecular weight is 306 g/mol. The summed E-state index contributed by atoms with van der Waals surface area (Å²) in [4.78, 5) is 2.57. The molecule has 0 aromatic heterocycles. The van der Waals surface area contributed by atoms with Gasteiger partial charge < -0.3 is 10.1 Å². The lowest BCUT2D eigenvalue weighted by Crippen LogP contribution is -2.45. The van der Waals surface area contributed by atoms with E-state index in [1.807, 2.05) is 0 Å². The number of hydrogen-bond donors (Lipinski definition) is 1. The molecule has 2 aliphatic heterocycles. The summed E-state index contributed by atoms with van der Waals surface area (Å²) in [6.07, 6.45) is 2.69. The first-order valence-corrected chi connectivity index (χ1v) is 9.27. The van der Waals surface area contributed by atoms with Gasteiger partial charge in [-0.1, -0.05) is 30.3 Å². The SMILES string of the molecule is c1ccc([C@@H](CN[C@@H]2CCCSC2)N2CCOCC2)cc1. The molecule has 0 amide bonds. The molecule has 0 aliphatic carbocycles. The maximum absolute atomic E-state index is 5.51. The summed E-state index contributed by atoms with van der Waals surface area (Å²) in [5, 5.41) is 3.81. The zero-order valence-corrected chi connectivity index (χ0v) is 13.5. The van der Waals surface area contributed by atoms with E-state index in [1.54, 1.807) is 0 Å². The van der Waals surface area contributed by atoms with Crippen LogP contribution in [0, 0.1) is 0 Å². The summed E-state index contributed by atoms with van der Waals surface area (Å²) in [5.74, 6) is 2.61. The highest BCUT2D eigenvalue weighted by molar-refractivity contribution is 7.99. The van der Waals surface area contributed by atoms with Crippen LogP contribution in [0.3, 0.4) is 0 Å². The number of nitrogens with zero attached hydrogens (tertiary/aromatic N) is 1. The molecule has 2 heterocycles. The quantitative estimate of drug-likeness (QED) is 0.903. The highest BCUT2D eigenvalue weighted by Crippen LogP contribution is 2.23. The van der Waals surface area contributed by atoms with Crippen LogP contribution in [0.25, 0.3) is 0 Å². The fourth-order valence-electron chi connectivity index (χ4n) is 3.20. The standard InChI is InChI=1S/C17H26N2OS/c1-2-5-15(6-3-1)17(19-8-10-20-11-9-19)13-18-16-7-4-12-21-14-16/h1-3,5-6,16-18H,4,7-14H2/t16-,17-/m1/s1. The van der Waals surface area contributed by atoms with Gasteiger partial charge in [0.05, 0.1) is 13.2 Å². The summed E-state index contributed by atoms with van der Waals surface area (Å²) in [7, 11) is 0. The molecule has 116 valence electrons. The number of thioether (sulfide) groups is 1. The Labute approximate surface area is 132 Å². The Morgan fingerprint density at radius 1 is 1.24 bits per heavy atom. The number of ether oxygens (including phenoxy) is 1. The Bertz CT molecular complexity index is 403. The largest absolute Gasteiger partial charge is 0.379 e. The molecule has 1 N–H and O–H groups in total. The maximum Gasteiger partial charge on any atom is 0.0594 e. The molecule has 2 atom stereocenters. The van der Waals surface area contributed by atoms with E-state index in [2.05, 4.69) is 52.3 Å². The van der Waals surface area contributed by atoms with Crippen LogP contribution < -0.4 is 5.32 Å². The molecule has 0 bridgehead atoms. The van der Waals surface area contributed by atoms with E-state index in [0.717, 1.165) is 32.8 Å². The second-order valence-electron chi connectivity index (χ2n) is 5.90. The number of benzene rings is 1. The molecule has 0 spiro atoms. The van der Waals surface area contributed by atoms with E-state index in [9.17, 15) is 0 Å². The summed E-state index contributed by atoms with van der Waals surface area (Å²) in [6.45, 7) is 4.86. The van der Waals surface area contributed by atoms with Gasteiger partial charge in [0.2, 0.25) is 0 Å². The lowest BCUT2D eigenvalue weighted by Gasteiger charge is -2.36. The molecule has 0 radical (unpaired) electrons. The Balaban J connectivity index is 1.63. The van der Waals surface area contributed by atoms with Gasteiger partial charge in [0.15, 0.2) is 0 Å². The number of hydrogen-bond acceptors (Lipinski definition) is 4. The Hall–Kier alpha value is -0.550. The van der Waals surface area contributed by atoms with Crippen molar-refractivity contribution in [1.29, 1.82) is 0 Å². The molecule has 3 rings (SSSR count). The molecule has 4 heteroatoms. The lowest BCUT2D eigenvalue weighted by molar-refractivity contribution is 0.0157. The van der Waals surface area contributed by atoms with Gasteiger partial charge in [-0.05, 0) is 24.2 Å². The van der Waals surface area contributed by atoms with Crippen LogP contribution in [0.1, 0.15) is 24.4 Å². The third-order valence-electron chi connectivity index (χ3n) is 4.43. The second kappa shape index (κ2) is 8.18. The third kappa shape index (κ3) is 4.46. The average Bonchev–Trinajstić information content (AvgIpc) is 2.58. The smallest absolute Gasteiger partial charge is 0.0594 e. The topological polar surface area (TPSA) is 24.5 Å². The normalized spacial score (nSPS) is 25.6. The van der Waals surface area contributed by atoms with Crippen LogP contribution in [0.2, 0.25) is 0 Å². The predicted octanol–water partition coefficient (Wildman–Crippen LogP) is 2.55. The Morgan fingerprint density at radius 2 is 2.05 bits per heavy atom. The van der Waals surface area contributed by atoms with E-state index in [4.69, 9.17) is 4.74 Å². The van der Waals surface area contributed by atoms with Gasteiger partial charge in [-0.3, -0.25) is 4.90 Å². The first-order valence-electron chi connectivity index (χ1n) is 8.11. The fourth-order valence-corrected chi connectivity index (χ4v) is 4.31.